The fourth-order valence-corrected chi connectivity index (χ4v) is 3.30. The summed E-state index contributed by atoms with van der Waals surface area (Å²) in [5.74, 6) is 0.392. The van der Waals surface area contributed by atoms with Gasteiger partial charge in [-0.3, -0.25) is 0 Å². The standard InChI is InChI=1S/C11H17N3O4S2.ClH/c1-19(15,16)11-5-4-9(6-13-11)20(17,18)14-7-10(12)8-2-3-8;/h4-6,8,10,14H,2-3,7,12H2,1H3;1H. The van der Waals surface area contributed by atoms with E-state index in [9.17, 15) is 16.8 Å². The Morgan fingerprint density at radius 2 is 1.95 bits per heavy atom. The van der Waals surface area contributed by atoms with Gasteiger partial charge < -0.3 is 5.73 Å². The van der Waals surface area contributed by atoms with Gasteiger partial charge in [-0.2, -0.15) is 0 Å². The lowest BCUT2D eigenvalue weighted by molar-refractivity contribution is 0.547. The molecule has 7 nitrogen and oxygen atoms in total. The summed E-state index contributed by atoms with van der Waals surface area (Å²) in [5, 5.41) is -0.161. The molecule has 1 saturated carbocycles. The molecule has 0 radical (unpaired) electrons. The van der Waals surface area contributed by atoms with Crippen LogP contribution in [-0.2, 0) is 19.9 Å². The number of halogens is 1. The minimum atomic E-state index is -3.71. The van der Waals surface area contributed by atoms with Gasteiger partial charge in [0, 0.05) is 25.0 Å². The normalized spacial score (nSPS) is 17.0. The van der Waals surface area contributed by atoms with Gasteiger partial charge in [0.25, 0.3) is 0 Å². The monoisotopic (exact) mass is 355 g/mol. The topological polar surface area (TPSA) is 119 Å². The summed E-state index contributed by atoms with van der Waals surface area (Å²) >= 11 is 0. The smallest absolute Gasteiger partial charge is 0.242 e. The van der Waals surface area contributed by atoms with Crippen LogP contribution in [0.5, 0.6) is 0 Å². The molecular formula is C11H18ClN3O4S2. The Balaban J connectivity index is 0.00000220. The Morgan fingerprint density at radius 1 is 1.33 bits per heavy atom. The lowest BCUT2D eigenvalue weighted by atomic mass is 10.2. The zero-order valence-electron chi connectivity index (χ0n) is 11.4. The quantitative estimate of drug-likeness (QED) is 0.736. The number of hydrogen-bond donors (Lipinski definition) is 2. The summed E-state index contributed by atoms with van der Waals surface area (Å²) < 4.78 is 48.9. The van der Waals surface area contributed by atoms with Crippen LogP contribution in [0.3, 0.4) is 0 Å². The Bertz CT molecular complexity index is 685. The van der Waals surface area contributed by atoms with E-state index in [-0.39, 0.29) is 34.9 Å². The average Bonchev–Trinajstić information content (AvgIpc) is 3.19. The van der Waals surface area contributed by atoms with Crippen molar-refractivity contribution in [2.45, 2.75) is 28.8 Å². The van der Waals surface area contributed by atoms with Crippen molar-refractivity contribution in [1.29, 1.82) is 0 Å². The molecule has 2 rings (SSSR count). The maximum absolute atomic E-state index is 12.0. The van der Waals surface area contributed by atoms with Gasteiger partial charge in [0.15, 0.2) is 14.9 Å². The van der Waals surface area contributed by atoms with Crippen LogP contribution >= 0.6 is 12.4 Å². The Morgan fingerprint density at radius 3 is 2.38 bits per heavy atom. The van der Waals surface area contributed by atoms with E-state index in [4.69, 9.17) is 5.73 Å². The molecule has 1 unspecified atom stereocenters. The molecule has 1 aromatic heterocycles. The SMILES string of the molecule is CS(=O)(=O)c1ccc(S(=O)(=O)NCC(N)C2CC2)cn1.Cl. The summed E-state index contributed by atoms with van der Waals surface area (Å²) in [5.41, 5.74) is 5.82. The minimum Gasteiger partial charge on any atom is -0.326 e. The summed E-state index contributed by atoms with van der Waals surface area (Å²) in [6, 6.07) is 2.20. The van der Waals surface area contributed by atoms with Gasteiger partial charge in [-0.25, -0.2) is 26.5 Å². The fraction of sp³-hybridized carbons (Fsp3) is 0.545. The van der Waals surface area contributed by atoms with Gasteiger partial charge in [-0.05, 0) is 30.9 Å². The van der Waals surface area contributed by atoms with Gasteiger partial charge >= 0.3 is 0 Å². The van der Waals surface area contributed by atoms with E-state index in [1.165, 1.54) is 12.1 Å². The lowest BCUT2D eigenvalue weighted by Crippen LogP contribution is -2.38. The predicted molar refractivity (Wildman–Crippen MR) is 80.5 cm³/mol. The first-order valence-electron chi connectivity index (χ1n) is 6.11. The van der Waals surface area contributed by atoms with Crippen LogP contribution in [0.15, 0.2) is 28.3 Å². The number of aromatic nitrogens is 1. The maximum atomic E-state index is 12.0. The fourth-order valence-electron chi connectivity index (χ4n) is 1.73. The molecule has 0 aliphatic heterocycles. The summed E-state index contributed by atoms with van der Waals surface area (Å²) in [4.78, 5) is 3.58. The molecule has 0 aromatic carbocycles. The molecule has 21 heavy (non-hydrogen) atoms. The molecule has 120 valence electrons. The van der Waals surface area contributed by atoms with Crippen LogP contribution in [0.1, 0.15) is 12.8 Å². The molecule has 1 aliphatic rings. The number of sulfonamides is 1. The third kappa shape index (κ3) is 4.89. The van der Waals surface area contributed by atoms with Crippen molar-refractivity contribution >= 4 is 32.3 Å². The summed E-state index contributed by atoms with van der Waals surface area (Å²) in [7, 11) is -7.15. The number of nitrogens with zero attached hydrogens (tertiary/aromatic N) is 1. The third-order valence-electron chi connectivity index (χ3n) is 3.14. The second kappa shape index (κ2) is 6.57. The second-order valence-electron chi connectivity index (χ2n) is 4.96. The van der Waals surface area contributed by atoms with Crippen LogP contribution in [-0.4, -0.2) is 40.7 Å². The molecule has 1 fully saturated rings. The Labute approximate surface area is 130 Å². The third-order valence-corrected chi connectivity index (χ3v) is 5.55. The molecule has 1 aromatic rings. The zero-order valence-corrected chi connectivity index (χ0v) is 13.8. The Hall–Kier alpha value is -0.740. The van der Waals surface area contributed by atoms with Gasteiger partial charge in [-0.1, -0.05) is 0 Å². The van der Waals surface area contributed by atoms with E-state index >= 15 is 0 Å². The van der Waals surface area contributed by atoms with Gasteiger partial charge in [0.05, 0.1) is 0 Å². The highest BCUT2D eigenvalue weighted by atomic mass is 35.5. The zero-order chi connectivity index (χ0) is 15.0. The molecule has 0 spiro atoms. The van der Waals surface area contributed by atoms with E-state index in [0.29, 0.717) is 5.92 Å². The molecule has 3 N–H and O–H groups in total. The summed E-state index contributed by atoms with van der Waals surface area (Å²) in [6.45, 7) is 0.167. The first kappa shape index (κ1) is 18.3. The predicted octanol–water partition coefficient (Wildman–Crippen LogP) is -0.0775. The van der Waals surface area contributed by atoms with Crippen LogP contribution in [0.4, 0.5) is 0 Å². The highest BCUT2D eigenvalue weighted by Crippen LogP contribution is 2.31. The molecule has 0 saturated heterocycles. The van der Waals surface area contributed by atoms with E-state index in [1.807, 2.05) is 0 Å². The van der Waals surface area contributed by atoms with Crippen molar-refractivity contribution in [3.63, 3.8) is 0 Å². The number of nitrogens with one attached hydrogen (secondary N) is 1. The molecule has 0 bridgehead atoms. The summed E-state index contributed by atoms with van der Waals surface area (Å²) in [6.07, 6.45) is 4.11. The van der Waals surface area contributed by atoms with Crippen LogP contribution in [0, 0.1) is 5.92 Å². The van der Waals surface area contributed by atoms with Crippen molar-refractivity contribution in [1.82, 2.24) is 9.71 Å². The first-order valence-corrected chi connectivity index (χ1v) is 9.49. The van der Waals surface area contributed by atoms with Crippen molar-refractivity contribution in [2.75, 3.05) is 12.8 Å². The number of pyridine rings is 1. The Kier molecular flexibility index (Phi) is 5.73. The van der Waals surface area contributed by atoms with Crippen molar-refractivity contribution < 1.29 is 16.8 Å². The van der Waals surface area contributed by atoms with E-state index in [1.54, 1.807) is 0 Å². The number of rotatable bonds is 6. The van der Waals surface area contributed by atoms with E-state index < -0.39 is 19.9 Å². The molecule has 1 aliphatic carbocycles. The van der Waals surface area contributed by atoms with Crippen molar-refractivity contribution in [3.8, 4) is 0 Å². The average molecular weight is 356 g/mol. The van der Waals surface area contributed by atoms with E-state index in [2.05, 4.69) is 9.71 Å². The molecule has 1 heterocycles. The first-order chi connectivity index (χ1) is 9.20. The van der Waals surface area contributed by atoms with Crippen molar-refractivity contribution in [3.05, 3.63) is 18.3 Å². The lowest BCUT2D eigenvalue weighted by Gasteiger charge is -2.12. The minimum absolute atomic E-state index is 0. The number of hydrogen-bond acceptors (Lipinski definition) is 6. The number of sulfone groups is 1. The molecule has 10 heteroatoms. The number of nitrogens with two attached hydrogens (primary N) is 1. The van der Waals surface area contributed by atoms with Crippen molar-refractivity contribution in [2.24, 2.45) is 11.7 Å². The van der Waals surface area contributed by atoms with E-state index in [0.717, 1.165) is 25.3 Å². The van der Waals surface area contributed by atoms with Gasteiger partial charge in [-0.15, -0.1) is 12.4 Å². The van der Waals surface area contributed by atoms with Crippen LogP contribution < -0.4 is 10.5 Å². The van der Waals surface area contributed by atoms with Crippen LogP contribution in [0.25, 0.3) is 0 Å². The largest absolute Gasteiger partial charge is 0.326 e. The molecule has 0 amide bonds. The van der Waals surface area contributed by atoms with Gasteiger partial charge in [0.2, 0.25) is 10.0 Å². The molecular weight excluding hydrogens is 338 g/mol. The van der Waals surface area contributed by atoms with Gasteiger partial charge in [0.1, 0.15) is 4.90 Å². The molecule has 1 atom stereocenters. The highest BCUT2D eigenvalue weighted by Gasteiger charge is 2.29. The maximum Gasteiger partial charge on any atom is 0.242 e. The van der Waals surface area contributed by atoms with Crippen LogP contribution in [0.2, 0.25) is 0 Å². The second-order valence-corrected chi connectivity index (χ2v) is 8.69. The highest BCUT2D eigenvalue weighted by molar-refractivity contribution is 7.90.